The van der Waals surface area contributed by atoms with E-state index in [0.717, 1.165) is 31.0 Å². The molecule has 0 aliphatic carbocycles. The Morgan fingerprint density at radius 1 is 1.37 bits per heavy atom. The summed E-state index contributed by atoms with van der Waals surface area (Å²) >= 11 is 10.2. The number of thiophene rings is 1. The maximum atomic E-state index is 12.0. The summed E-state index contributed by atoms with van der Waals surface area (Å²) in [4.78, 5) is 2.29. The number of piperidine rings is 1. The van der Waals surface area contributed by atoms with Crippen LogP contribution in [-0.2, 0) is 10.0 Å². The quantitative estimate of drug-likeness (QED) is 0.845. The van der Waals surface area contributed by atoms with Gasteiger partial charge >= 0.3 is 0 Å². The highest BCUT2D eigenvalue weighted by Crippen LogP contribution is 2.34. The second-order valence-electron chi connectivity index (χ2n) is 4.49. The molecule has 108 valence electrons. The fourth-order valence-electron chi connectivity index (χ4n) is 2.05. The van der Waals surface area contributed by atoms with Crippen molar-refractivity contribution in [3.05, 3.63) is 14.9 Å². The third-order valence-electron chi connectivity index (χ3n) is 3.06. The molecule has 2 heterocycles. The van der Waals surface area contributed by atoms with Crippen LogP contribution in [0.1, 0.15) is 19.3 Å². The van der Waals surface area contributed by atoms with Gasteiger partial charge in [-0.15, -0.1) is 11.3 Å². The number of hydrogen-bond donors (Lipinski definition) is 1. The monoisotopic (exact) mass is 386 g/mol. The molecule has 0 spiro atoms. The van der Waals surface area contributed by atoms with Gasteiger partial charge in [0, 0.05) is 13.1 Å². The van der Waals surface area contributed by atoms with E-state index in [0.29, 0.717) is 15.4 Å². The number of sulfonamides is 1. The van der Waals surface area contributed by atoms with Crippen LogP contribution in [0.15, 0.2) is 14.1 Å². The molecular formula is C11H16BrClN2O2S2. The third-order valence-corrected chi connectivity index (χ3v) is 7.47. The Labute approximate surface area is 131 Å². The summed E-state index contributed by atoms with van der Waals surface area (Å²) in [5.74, 6) is 0. The summed E-state index contributed by atoms with van der Waals surface area (Å²) < 4.78 is 27.6. The number of rotatable bonds is 5. The number of nitrogens with zero attached hydrogens (tertiary/aromatic N) is 1. The van der Waals surface area contributed by atoms with Gasteiger partial charge in [-0.3, -0.25) is 0 Å². The zero-order chi connectivity index (χ0) is 13.9. The predicted octanol–water partition coefficient (Wildman–Crippen LogP) is 2.93. The molecule has 1 saturated heterocycles. The van der Waals surface area contributed by atoms with Gasteiger partial charge in [0.2, 0.25) is 10.0 Å². The molecule has 8 heteroatoms. The molecule has 1 aliphatic rings. The van der Waals surface area contributed by atoms with Crippen molar-refractivity contribution >= 4 is 48.9 Å². The lowest BCUT2D eigenvalue weighted by molar-refractivity contribution is 0.233. The van der Waals surface area contributed by atoms with Gasteiger partial charge in [0.15, 0.2) is 0 Å². The molecule has 1 aromatic rings. The molecule has 1 aromatic heterocycles. The first-order chi connectivity index (χ1) is 8.99. The SMILES string of the molecule is O=S(=O)(NCCN1CCCCC1)c1cc(Cl)c(Br)s1. The molecule has 0 unspecified atom stereocenters. The van der Waals surface area contributed by atoms with E-state index < -0.39 is 10.0 Å². The lowest BCUT2D eigenvalue weighted by atomic mass is 10.1. The molecule has 2 rings (SSSR count). The molecule has 4 nitrogen and oxygen atoms in total. The van der Waals surface area contributed by atoms with Crippen LogP contribution >= 0.6 is 38.9 Å². The molecular weight excluding hydrogens is 372 g/mol. The van der Waals surface area contributed by atoms with Gasteiger partial charge in [-0.25, -0.2) is 13.1 Å². The van der Waals surface area contributed by atoms with Crippen LogP contribution in [-0.4, -0.2) is 39.5 Å². The fourth-order valence-corrected chi connectivity index (χ4v) is 5.52. The van der Waals surface area contributed by atoms with E-state index in [1.54, 1.807) is 0 Å². The normalized spacial score (nSPS) is 17.8. The van der Waals surface area contributed by atoms with Crippen molar-refractivity contribution in [2.75, 3.05) is 26.2 Å². The van der Waals surface area contributed by atoms with Gasteiger partial charge in [0.1, 0.15) is 4.21 Å². The van der Waals surface area contributed by atoms with E-state index in [9.17, 15) is 8.42 Å². The van der Waals surface area contributed by atoms with Crippen LogP contribution in [0.3, 0.4) is 0 Å². The summed E-state index contributed by atoms with van der Waals surface area (Å²) in [6.07, 6.45) is 3.70. The summed E-state index contributed by atoms with van der Waals surface area (Å²) in [6, 6.07) is 1.47. The average Bonchev–Trinajstić information content (AvgIpc) is 2.72. The highest BCUT2D eigenvalue weighted by molar-refractivity contribution is 9.11. The van der Waals surface area contributed by atoms with E-state index >= 15 is 0 Å². The zero-order valence-corrected chi connectivity index (χ0v) is 14.3. The lowest BCUT2D eigenvalue weighted by Crippen LogP contribution is -2.37. The first kappa shape index (κ1) is 15.7. The Hall–Kier alpha value is 0.340. The van der Waals surface area contributed by atoms with Crippen molar-refractivity contribution in [2.24, 2.45) is 0 Å². The van der Waals surface area contributed by atoms with Crippen LogP contribution in [0, 0.1) is 0 Å². The standard InChI is InChI=1S/C11H16BrClN2O2S2/c12-11-9(13)8-10(18-11)19(16,17)14-4-7-15-5-2-1-3-6-15/h8,14H,1-7H2. The summed E-state index contributed by atoms with van der Waals surface area (Å²) in [7, 11) is -3.44. The highest BCUT2D eigenvalue weighted by Gasteiger charge is 2.19. The van der Waals surface area contributed by atoms with Crippen molar-refractivity contribution in [1.82, 2.24) is 9.62 Å². The first-order valence-electron chi connectivity index (χ1n) is 6.16. The molecule has 1 N–H and O–H groups in total. The lowest BCUT2D eigenvalue weighted by Gasteiger charge is -2.26. The van der Waals surface area contributed by atoms with E-state index in [1.165, 1.54) is 25.3 Å². The Morgan fingerprint density at radius 2 is 2.05 bits per heavy atom. The van der Waals surface area contributed by atoms with E-state index in [-0.39, 0.29) is 4.21 Å². The second-order valence-corrected chi connectivity index (χ2v) is 9.26. The smallest absolute Gasteiger partial charge is 0.250 e. The van der Waals surface area contributed by atoms with E-state index in [1.807, 2.05) is 0 Å². The second kappa shape index (κ2) is 6.87. The van der Waals surface area contributed by atoms with Crippen LogP contribution < -0.4 is 4.72 Å². The molecule has 1 fully saturated rings. The maximum Gasteiger partial charge on any atom is 0.250 e. The maximum absolute atomic E-state index is 12.0. The minimum atomic E-state index is -3.44. The van der Waals surface area contributed by atoms with Gasteiger partial charge in [-0.2, -0.15) is 0 Å². The van der Waals surface area contributed by atoms with Crippen molar-refractivity contribution < 1.29 is 8.42 Å². The summed E-state index contributed by atoms with van der Waals surface area (Å²) in [5.41, 5.74) is 0. The van der Waals surface area contributed by atoms with E-state index in [2.05, 4.69) is 25.6 Å². The zero-order valence-electron chi connectivity index (χ0n) is 10.4. The minimum absolute atomic E-state index is 0.253. The van der Waals surface area contributed by atoms with Crippen LogP contribution in [0.4, 0.5) is 0 Å². The minimum Gasteiger partial charge on any atom is -0.302 e. The number of halogens is 2. The Balaban J connectivity index is 1.87. The summed E-state index contributed by atoms with van der Waals surface area (Å²) in [5, 5.41) is 0.432. The van der Waals surface area contributed by atoms with Crippen molar-refractivity contribution in [3.63, 3.8) is 0 Å². The molecule has 0 aromatic carbocycles. The molecule has 0 amide bonds. The van der Waals surface area contributed by atoms with Gasteiger partial charge in [-0.1, -0.05) is 18.0 Å². The molecule has 0 saturated carbocycles. The van der Waals surface area contributed by atoms with Crippen molar-refractivity contribution in [3.8, 4) is 0 Å². The largest absolute Gasteiger partial charge is 0.302 e. The van der Waals surface area contributed by atoms with Gasteiger partial charge in [-0.05, 0) is 47.9 Å². The molecule has 1 aliphatic heterocycles. The molecule has 19 heavy (non-hydrogen) atoms. The van der Waals surface area contributed by atoms with Gasteiger partial charge < -0.3 is 4.90 Å². The third kappa shape index (κ3) is 4.41. The number of likely N-dealkylation sites (tertiary alicyclic amines) is 1. The van der Waals surface area contributed by atoms with Gasteiger partial charge in [0.05, 0.1) is 8.81 Å². The van der Waals surface area contributed by atoms with E-state index in [4.69, 9.17) is 11.6 Å². The Kier molecular flexibility index (Phi) is 5.68. The number of nitrogens with one attached hydrogen (secondary N) is 1. The van der Waals surface area contributed by atoms with Crippen LogP contribution in [0.5, 0.6) is 0 Å². The van der Waals surface area contributed by atoms with Crippen molar-refractivity contribution in [2.45, 2.75) is 23.5 Å². The Morgan fingerprint density at radius 3 is 2.63 bits per heavy atom. The average molecular weight is 388 g/mol. The Bertz CT molecular complexity index is 507. The summed E-state index contributed by atoms with van der Waals surface area (Å²) in [6.45, 7) is 3.34. The highest BCUT2D eigenvalue weighted by atomic mass is 79.9. The number of hydrogen-bond acceptors (Lipinski definition) is 4. The van der Waals surface area contributed by atoms with Crippen molar-refractivity contribution in [1.29, 1.82) is 0 Å². The predicted molar refractivity (Wildman–Crippen MR) is 82.5 cm³/mol. The van der Waals surface area contributed by atoms with Crippen LogP contribution in [0.2, 0.25) is 5.02 Å². The molecule has 0 radical (unpaired) electrons. The molecule has 0 bridgehead atoms. The molecule has 0 atom stereocenters. The van der Waals surface area contributed by atoms with Gasteiger partial charge in [0.25, 0.3) is 0 Å². The van der Waals surface area contributed by atoms with Crippen LogP contribution in [0.25, 0.3) is 0 Å². The first-order valence-corrected chi connectivity index (χ1v) is 9.63. The topological polar surface area (TPSA) is 49.4 Å². The fraction of sp³-hybridized carbons (Fsp3) is 0.636.